The highest BCUT2D eigenvalue weighted by Gasteiger charge is 2.35. The van der Waals surface area contributed by atoms with Crippen molar-refractivity contribution in [2.24, 2.45) is 0 Å². The number of hydrogen-bond donors (Lipinski definition) is 0. The molecule has 0 aromatic rings. The summed E-state index contributed by atoms with van der Waals surface area (Å²) in [5.41, 5.74) is 0.443. The van der Waals surface area contributed by atoms with Crippen molar-refractivity contribution in [1.29, 1.82) is 0 Å². The van der Waals surface area contributed by atoms with Crippen LogP contribution in [-0.2, 0) is 42.1 Å². The predicted octanol–water partition coefficient (Wildman–Crippen LogP) is 5.21. The van der Waals surface area contributed by atoms with Gasteiger partial charge in [0.05, 0.1) is 72.7 Å². The van der Waals surface area contributed by atoms with E-state index in [1.165, 1.54) is 18.9 Å². The number of hydrogen-bond acceptors (Lipinski definition) is 9. The zero-order chi connectivity index (χ0) is 29.2. The Hall–Kier alpha value is -0.636. The Kier molecular flexibility index (Phi) is 24.7. The molecule has 0 rings (SSSR count). The Morgan fingerprint density at radius 2 is 1.08 bits per heavy atom. The lowest BCUT2D eigenvalue weighted by Gasteiger charge is -2.37. The number of rotatable bonds is 29. The zero-order valence-electron chi connectivity index (χ0n) is 25.8. The number of esters is 1. The van der Waals surface area contributed by atoms with Gasteiger partial charge in [-0.1, -0.05) is 26.3 Å². The maximum atomic E-state index is 11.6. The highest BCUT2D eigenvalue weighted by molar-refractivity contribution is 6.85. The molecule has 1 unspecified atom stereocenters. The second-order valence-electron chi connectivity index (χ2n) is 10.6. The Morgan fingerprint density at radius 3 is 1.54 bits per heavy atom. The Morgan fingerprint density at radius 1 is 0.641 bits per heavy atom. The lowest BCUT2D eigenvalue weighted by atomic mass is 10.4. The summed E-state index contributed by atoms with van der Waals surface area (Å²) in [6.45, 7) is 21.3. The number of ether oxygens (including phenoxy) is 7. The Balaban J connectivity index is 3.90. The predicted molar refractivity (Wildman–Crippen MR) is 160 cm³/mol. The molecule has 0 saturated heterocycles. The summed E-state index contributed by atoms with van der Waals surface area (Å²) in [7, 11) is -2.02. The molecule has 39 heavy (non-hydrogen) atoms. The quantitative estimate of drug-likeness (QED) is 0.0501. The molecule has 0 heterocycles. The van der Waals surface area contributed by atoms with Crippen LogP contribution in [0, 0.1) is 0 Å². The Labute approximate surface area is 240 Å². The average Bonchev–Trinajstić information content (AvgIpc) is 2.88. The van der Waals surface area contributed by atoms with Crippen LogP contribution in [0.4, 0.5) is 0 Å². The van der Waals surface area contributed by atoms with Crippen LogP contribution in [0.2, 0.25) is 37.8 Å². The first-order valence-electron chi connectivity index (χ1n) is 14.6. The maximum Gasteiger partial charge on any atom is 0.333 e. The van der Waals surface area contributed by atoms with Gasteiger partial charge in [0.25, 0.3) is 0 Å². The van der Waals surface area contributed by atoms with Crippen molar-refractivity contribution in [2.75, 3.05) is 86.4 Å². The number of methoxy groups -OCH3 is 1. The molecule has 232 valence electrons. The van der Waals surface area contributed by atoms with Gasteiger partial charge in [0.15, 0.2) is 16.6 Å². The summed E-state index contributed by atoms with van der Waals surface area (Å²) in [6.07, 6.45) is 4.23. The van der Waals surface area contributed by atoms with Gasteiger partial charge in [0, 0.05) is 19.3 Å². The van der Waals surface area contributed by atoms with E-state index < -0.39 is 16.6 Å². The second-order valence-corrected chi connectivity index (χ2v) is 19.3. The molecule has 0 aliphatic heterocycles. The summed E-state index contributed by atoms with van der Waals surface area (Å²) >= 11 is 0. The van der Waals surface area contributed by atoms with Crippen LogP contribution in [0.25, 0.3) is 0 Å². The van der Waals surface area contributed by atoms with E-state index in [1.807, 2.05) is 0 Å². The molecular formula is C28H58O9Si2. The van der Waals surface area contributed by atoms with Crippen molar-refractivity contribution < 1.29 is 42.1 Å². The molecule has 11 heteroatoms. The molecule has 1 atom stereocenters. The monoisotopic (exact) mass is 594 g/mol. The van der Waals surface area contributed by atoms with Crippen LogP contribution < -0.4 is 0 Å². The van der Waals surface area contributed by atoms with Crippen LogP contribution >= 0.6 is 0 Å². The number of carbonyl (C=O) groups excluding carboxylic acids is 1. The maximum absolute atomic E-state index is 11.6. The van der Waals surface area contributed by atoms with Gasteiger partial charge >= 0.3 is 5.97 Å². The minimum atomic E-state index is -1.84. The molecule has 0 N–H and O–H groups in total. The molecule has 0 aliphatic rings. The van der Waals surface area contributed by atoms with E-state index >= 15 is 0 Å². The summed E-state index contributed by atoms with van der Waals surface area (Å²) < 4.78 is 44.7. The van der Waals surface area contributed by atoms with E-state index in [4.69, 9.17) is 37.3 Å². The zero-order valence-corrected chi connectivity index (χ0v) is 27.8. The minimum Gasteiger partial charge on any atom is -0.462 e. The first-order chi connectivity index (χ1) is 18.7. The smallest absolute Gasteiger partial charge is 0.333 e. The molecule has 0 amide bonds. The first-order valence-corrected chi connectivity index (χ1v) is 20.5. The molecule has 0 spiro atoms. The largest absolute Gasteiger partial charge is 0.462 e. The second kappa shape index (κ2) is 25.1. The van der Waals surface area contributed by atoms with Gasteiger partial charge in [-0.15, -0.1) is 0 Å². The first kappa shape index (κ1) is 38.4. The standard InChI is InChI=1S/C28H58O9Si2/c1-8-9-25-39(7,37-38(5,6)24-11-13-36-28(29)27(2)3)26-10-12-31-16-17-33-20-21-35-23-22-34-19-18-32-15-14-30-4/h2,8-26H2,1,3-7H3. The molecular weight excluding hydrogens is 536 g/mol. The van der Waals surface area contributed by atoms with Gasteiger partial charge in [-0.2, -0.15) is 0 Å². The molecule has 0 radical (unpaired) electrons. The molecule has 0 bridgehead atoms. The summed E-state index contributed by atoms with van der Waals surface area (Å²) in [4.78, 5) is 11.6. The van der Waals surface area contributed by atoms with Crippen molar-refractivity contribution in [2.45, 2.75) is 77.3 Å². The fraction of sp³-hybridized carbons (Fsp3) is 0.893. The summed E-state index contributed by atoms with van der Waals surface area (Å²) in [5.74, 6) is -0.311. The van der Waals surface area contributed by atoms with Crippen molar-refractivity contribution in [1.82, 2.24) is 0 Å². The van der Waals surface area contributed by atoms with Crippen molar-refractivity contribution in [3.8, 4) is 0 Å². The van der Waals surface area contributed by atoms with E-state index in [-0.39, 0.29) is 5.97 Å². The highest BCUT2D eigenvalue weighted by atomic mass is 28.4. The molecule has 0 saturated carbocycles. The SMILES string of the molecule is C=C(C)C(=O)OCCC[Si](C)(C)O[Si](C)(CCCC)CCCOCCOCCOCCOCCOCCOC. The molecule has 0 fully saturated rings. The number of carbonyl (C=O) groups is 1. The van der Waals surface area contributed by atoms with Crippen molar-refractivity contribution in [3.63, 3.8) is 0 Å². The van der Waals surface area contributed by atoms with Crippen molar-refractivity contribution in [3.05, 3.63) is 12.2 Å². The average molecular weight is 595 g/mol. The van der Waals surface area contributed by atoms with Gasteiger partial charge in [-0.05, 0) is 57.5 Å². The van der Waals surface area contributed by atoms with Crippen LogP contribution in [-0.4, -0.2) is 109 Å². The highest BCUT2D eigenvalue weighted by Crippen LogP contribution is 2.28. The molecule has 0 aromatic heterocycles. The van der Waals surface area contributed by atoms with E-state index in [9.17, 15) is 4.79 Å². The lowest BCUT2D eigenvalue weighted by Crippen LogP contribution is -2.46. The molecule has 0 aliphatic carbocycles. The fourth-order valence-electron chi connectivity index (χ4n) is 3.95. The van der Waals surface area contributed by atoms with Gasteiger partial charge in [-0.3, -0.25) is 0 Å². The topological polar surface area (TPSA) is 90.9 Å². The van der Waals surface area contributed by atoms with Crippen LogP contribution in [0.5, 0.6) is 0 Å². The van der Waals surface area contributed by atoms with Crippen LogP contribution in [0.15, 0.2) is 12.2 Å². The summed E-state index contributed by atoms with van der Waals surface area (Å²) in [6, 6.07) is 3.27. The van der Waals surface area contributed by atoms with E-state index in [2.05, 4.69) is 33.1 Å². The molecule has 9 nitrogen and oxygen atoms in total. The fourth-order valence-corrected chi connectivity index (χ4v) is 13.8. The molecule has 0 aromatic carbocycles. The Bertz CT molecular complexity index is 608. The third kappa shape index (κ3) is 24.8. The normalized spacial score (nSPS) is 13.4. The van der Waals surface area contributed by atoms with E-state index in [1.54, 1.807) is 14.0 Å². The minimum absolute atomic E-state index is 0.311. The summed E-state index contributed by atoms with van der Waals surface area (Å²) in [5, 5.41) is 0. The van der Waals surface area contributed by atoms with Gasteiger partial charge in [-0.25, -0.2) is 4.79 Å². The third-order valence-electron chi connectivity index (χ3n) is 6.00. The third-order valence-corrected chi connectivity index (χ3v) is 14.6. The van der Waals surface area contributed by atoms with Gasteiger partial charge in [0.2, 0.25) is 0 Å². The van der Waals surface area contributed by atoms with Crippen LogP contribution in [0.3, 0.4) is 0 Å². The lowest BCUT2D eigenvalue weighted by molar-refractivity contribution is -0.138. The van der Waals surface area contributed by atoms with E-state index in [0.29, 0.717) is 78.2 Å². The van der Waals surface area contributed by atoms with Crippen molar-refractivity contribution >= 4 is 22.6 Å². The van der Waals surface area contributed by atoms with Gasteiger partial charge < -0.3 is 37.3 Å². The van der Waals surface area contributed by atoms with E-state index in [0.717, 1.165) is 31.5 Å². The van der Waals surface area contributed by atoms with Crippen LogP contribution in [0.1, 0.15) is 39.5 Å². The van der Waals surface area contributed by atoms with Gasteiger partial charge in [0.1, 0.15) is 0 Å². The number of unbranched alkanes of at least 4 members (excludes halogenated alkanes) is 1.